The first kappa shape index (κ1) is 12.3. The summed E-state index contributed by atoms with van der Waals surface area (Å²) in [4.78, 5) is 4.29. The van der Waals surface area contributed by atoms with Crippen LogP contribution in [-0.4, -0.2) is 10.1 Å². The molecule has 17 heavy (non-hydrogen) atoms. The molecule has 0 spiro atoms. The molecule has 2 nitrogen and oxygen atoms in total. The Hall–Kier alpha value is -1.19. The Kier molecular flexibility index (Phi) is 3.92. The highest BCUT2D eigenvalue weighted by atomic mass is 79.9. The van der Waals surface area contributed by atoms with Gasteiger partial charge in [0.2, 0.25) is 0 Å². The molecule has 0 aliphatic carbocycles. The first-order valence-electron chi connectivity index (χ1n) is 5.51. The van der Waals surface area contributed by atoms with Gasteiger partial charge in [-0.05, 0) is 36.2 Å². The number of pyridine rings is 1. The second-order valence-electron chi connectivity index (χ2n) is 4.04. The Morgan fingerprint density at radius 3 is 2.82 bits per heavy atom. The molecule has 1 unspecified atom stereocenters. The molecule has 0 saturated heterocycles. The van der Waals surface area contributed by atoms with Crippen molar-refractivity contribution in [3.8, 4) is 0 Å². The lowest BCUT2D eigenvalue weighted by atomic mass is 10.0. The van der Waals surface area contributed by atoms with E-state index < -0.39 is 6.10 Å². The van der Waals surface area contributed by atoms with Crippen molar-refractivity contribution in [2.45, 2.75) is 19.4 Å². The van der Waals surface area contributed by atoms with Gasteiger partial charge in [0.15, 0.2) is 0 Å². The monoisotopic (exact) mass is 291 g/mol. The SMILES string of the molecule is Cc1cccnc1CC(O)c1cccc(Br)c1. The molecule has 1 aromatic carbocycles. The van der Waals surface area contributed by atoms with Crippen LogP contribution in [0.1, 0.15) is 22.9 Å². The topological polar surface area (TPSA) is 33.1 Å². The van der Waals surface area contributed by atoms with Gasteiger partial charge in [0.1, 0.15) is 0 Å². The third-order valence-corrected chi connectivity index (χ3v) is 3.23. The Balaban J connectivity index is 2.17. The summed E-state index contributed by atoms with van der Waals surface area (Å²) in [6.07, 6.45) is 1.79. The van der Waals surface area contributed by atoms with Gasteiger partial charge in [0, 0.05) is 22.8 Å². The van der Waals surface area contributed by atoms with Crippen LogP contribution in [0.3, 0.4) is 0 Å². The van der Waals surface area contributed by atoms with Crippen LogP contribution < -0.4 is 0 Å². The molecule has 0 amide bonds. The Labute approximate surface area is 109 Å². The van der Waals surface area contributed by atoms with Crippen LogP contribution in [-0.2, 0) is 6.42 Å². The minimum absolute atomic E-state index is 0.513. The molecule has 0 radical (unpaired) electrons. The second-order valence-corrected chi connectivity index (χ2v) is 4.96. The van der Waals surface area contributed by atoms with Crippen LogP contribution in [0.4, 0.5) is 0 Å². The number of halogens is 1. The summed E-state index contributed by atoms with van der Waals surface area (Å²) in [6, 6.07) is 11.6. The number of hydrogen-bond acceptors (Lipinski definition) is 2. The molecule has 1 N–H and O–H groups in total. The third-order valence-electron chi connectivity index (χ3n) is 2.74. The lowest BCUT2D eigenvalue weighted by Crippen LogP contribution is -2.04. The van der Waals surface area contributed by atoms with Crippen molar-refractivity contribution in [2.24, 2.45) is 0 Å². The Morgan fingerprint density at radius 2 is 2.12 bits per heavy atom. The lowest BCUT2D eigenvalue weighted by molar-refractivity contribution is 0.177. The summed E-state index contributed by atoms with van der Waals surface area (Å²) in [5.74, 6) is 0. The normalized spacial score (nSPS) is 12.4. The van der Waals surface area contributed by atoms with Crippen LogP contribution in [0, 0.1) is 6.92 Å². The number of benzene rings is 1. The summed E-state index contributed by atoms with van der Waals surface area (Å²) in [5, 5.41) is 10.2. The maximum absolute atomic E-state index is 10.2. The fourth-order valence-corrected chi connectivity index (χ4v) is 2.16. The smallest absolute Gasteiger partial charge is 0.0845 e. The van der Waals surface area contributed by atoms with Crippen molar-refractivity contribution in [1.29, 1.82) is 0 Å². The number of aliphatic hydroxyl groups is 1. The van der Waals surface area contributed by atoms with Crippen LogP contribution in [0.15, 0.2) is 47.1 Å². The van der Waals surface area contributed by atoms with E-state index in [-0.39, 0.29) is 0 Å². The number of hydrogen-bond donors (Lipinski definition) is 1. The molecule has 2 rings (SSSR count). The van der Waals surface area contributed by atoms with E-state index in [2.05, 4.69) is 20.9 Å². The van der Waals surface area contributed by atoms with Gasteiger partial charge in [0.05, 0.1) is 6.10 Å². The van der Waals surface area contributed by atoms with E-state index in [1.54, 1.807) is 6.20 Å². The van der Waals surface area contributed by atoms with Crippen molar-refractivity contribution < 1.29 is 5.11 Å². The molecule has 3 heteroatoms. The highest BCUT2D eigenvalue weighted by Gasteiger charge is 2.11. The van der Waals surface area contributed by atoms with Crippen LogP contribution >= 0.6 is 15.9 Å². The molecule has 2 aromatic rings. The van der Waals surface area contributed by atoms with Gasteiger partial charge in [-0.2, -0.15) is 0 Å². The van der Waals surface area contributed by atoms with Gasteiger partial charge >= 0.3 is 0 Å². The predicted octanol–water partition coefficient (Wildman–Crippen LogP) is 3.43. The quantitative estimate of drug-likeness (QED) is 0.940. The zero-order valence-corrected chi connectivity index (χ0v) is 11.2. The first-order chi connectivity index (χ1) is 8.16. The van der Waals surface area contributed by atoms with Crippen molar-refractivity contribution in [3.63, 3.8) is 0 Å². The van der Waals surface area contributed by atoms with E-state index in [1.807, 2.05) is 43.3 Å². The maximum atomic E-state index is 10.2. The van der Waals surface area contributed by atoms with Crippen LogP contribution in [0.5, 0.6) is 0 Å². The highest BCUT2D eigenvalue weighted by molar-refractivity contribution is 9.10. The molecule has 0 aliphatic rings. The summed E-state index contributed by atoms with van der Waals surface area (Å²) in [6.45, 7) is 2.01. The predicted molar refractivity (Wildman–Crippen MR) is 71.8 cm³/mol. The van der Waals surface area contributed by atoms with Crippen molar-refractivity contribution in [2.75, 3.05) is 0 Å². The summed E-state index contributed by atoms with van der Waals surface area (Å²) >= 11 is 3.40. The van der Waals surface area contributed by atoms with E-state index in [0.29, 0.717) is 6.42 Å². The molecule has 0 bridgehead atoms. The fourth-order valence-electron chi connectivity index (χ4n) is 1.75. The van der Waals surface area contributed by atoms with E-state index in [1.165, 1.54) is 0 Å². The Morgan fingerprint density at radius 1 is 1.29 bits per heavy atom. The van der Waals surface area contributed by atoms with E-state index in [4.69, 9.17) is 0 Å². The number of aromatic nitrogens is 1. The van der Waals surface area contributed by atoms with Crippen molar-refractivity contribution in [3.05, 3.63) is 63.9 Å². The molecule has 0 fully saturated rings. The first-order valence-corrected chi connectivity index (χ1v) is 6.30. The molecule has 1 atom stereocenters. The zero-order chi connectivity index (χ0) is 12.3. The third kappa shape index (κ3) is 3.14. The molecule has 0 saturated carbocycles. The second kappa shape index (κ2) is 5.43. The van der Waals surface area contributed by atoms with Crippen molar-refractivity contribution >= 4 is 15.9 Å². The number of rotatable bonds is 3. The molecule has 0 aliphatic heterocycles. The molecule has 88 valence electrons. The zero-order valence-electron chi connectivity index (χ0n) is 9.60. The number of aryl methyl sites for hydroxylation is 1. The average Bonchev–Trinajstić information content (AvgIpc) is 2.32. The van der Waals surface area contributed by atoms with E-state index >= 15 is 0 Å². The largest absolute Gasteiger partial charge is 0.388 e. The molecular weight excluding hydrogens is 278 g/mol. The number of aliphatic hydroxyl groups excluding tert-OH is 1. The van der Waals surface area contributed by atoms with E-state index in [9.17, 15) is 5.11 Å². The number of nitrogens with zero attached hydrogens (tertiary/aromatic N) is 1. The van der Waals surface area contributed by atoms with Gasteiger partial charge in [0.25, 0.3) is 0 Å². The fraction of sp³-hybridized carbons (Fsp3) is 0.214. The van der Waals surface area contributed by atoms with Crippen molar-refractivity contribution in [1.82, 2.24) is 4.98 Å². The molecular formula is C14H14BrNO. The van der Waals surface area contributed by atoms with Crippen LogP contribution in [0.25, 0.3) is 0 Å². The maximum Gasteiger partial charge on any atom is 0.0845 e. The van der Waals surface area contributed by atoms with Gasteiger partial charge in [-0.1, -0.05) is 34.1 Å². The van der Waals surface area contributed by atoms with Gasteiger partial charge in [-0.15, -0.1) is 0 Å². The van der Waals surface area contributed by atoms with E-state index in [0.717, 1.165) is 21.3 Å². The average molecular weight is 292 g/mol. The minimum atomic E-state index is -0.513. The summed E-state index contributed by atoms with van der Waals surface area (Å²) in [5.41, 5.74) is 2.96. The minimum Gasteiger partial charge on any atom is -0.388 e. The van der Waals surface area contributed by atoms with Crippen LogP contribution in [0.2, 0.25) is 0 Å². The standard InChI is InChI=1S/C14H14BrNO/c1-10-4-3-7-16-13(10)9-14(17)11-5-2-6-12(15)8-11/h2-8,14,17H,9H2,1H3. The van der Waals surface area contributed by atoms with Gasteiger partial charge in [-0.3, -0.25) is 4.98 Å². The molecule has 1 aromatic heterocycles. The highest BCUT2D eigenvalue weighted by Crippen LogP contribution is 2.21. The van der Waals surface area contributed by atoms with Gasteiger partial charge in [-0.25, -0.2) is 0 Å². The summed E-state index contributed by atoms with van der Waals surface area (Å²) in [7, 11) is 0. The van der Waals surface area contributed by atoms with Gasteiger partial charge < -0.3 is 5.11 Å². The Bertz CT molecular complexity index is 513. The molecule has 1 heterocycles. The lowest BCUT2D eigenvalue weighted by Gasteiger charge is -2.12. The summed E-state index contributed by atoms with van der Waals surface area (Å²) < 4.78 is 0.979.